The molecule has 1 N–H and O–H groups in total. The molecule has 1 aromatic carbocycles. The molecule has 0 radical (unpaired) electrons. The molecule has 112 valence electrons. The summed E-state index contributed by atoms with van der Waals surface area (Å²) in [6.45, 7) is 3.89. The van der Waals surface area contributed by atoms with E-state index in [9.17, 15) is 9.59 Å². The van der Waals surface area contributed by atoms with Crippen molar-refractivity contribution in [2.75, 3.05) is 5.32 Å². The van der Waals surface area contributed by atoms with Crippen LogP contribution >= 0.6 is 23.2 Å². The lowest BCUT2D eigenvalue weighted by Gasteiger charge is -2.32. The van der Waals surface area contributed by atoms with Gasteiger partial charge >= 0.3 is 0 Å². The highest BCUT2D eigenvalue weighted by molar-refractivity contribution is 6.44. The van der Waals surface area contributed by atoms with Gasteiger partial charge in [-0.2, -0.15) is 0 Å². The van der Waals surface area contributed by atoms with E-state index in [1.165, 1.54) is 0 Å². The van der Waals surface area contributed by atoms with Gasteiger partial charge in [-0.25, -0.2) is 0 Å². The van der Waals surface area contributed by atoms with Crippen molar-refractivity contribution in [2.45, 2.75) is 33.1 Å². The van der Waals surface area contributed by atoms with E-state index in [2.05, 4.69) is 5.32 Å². The monoisotopic (exact) mass is 325 g/mol. The third-order valence-corrected chi connectivity index (χ3v) is 6.01. The average molecular weight is 326 g/mol. The molecule has 5 heteroatoms. The van der Waals surface area contributed by atoms with Crippen LogP contribution in [0.2, 0.25) is 10.0 Å². The first-order valence-electron chi connectivity index (χ1n) is 7.09. The molecule has 2 aliphatic carbocycles. The Bertz CT molecular complexity index is 641. The Morgan fingerprint density at radius 2 is 2.05 bits per heavy atom. The van der Waals surface area contributed by atoms with Gasteiger partial charge < -0.3 is 5.32 Å². The van der Waals surface area contributed by atoms with E-state index in [1.807, 2.05) is 13.8 Å². The molecule has 2 bridgehead atoms. The number of carbonyl (C=O) groups excluding carboxylic acids is 2. The molecule has 2 saturated carbocycles. The third kappa shape index (κ3) is 2.01. The molecule has 0 aliphatic heterocycles. The number of rotatable bonds is 2. The summed E-state index contributed by atoms with van der Waals surface area (Å²) in [7, 11) is 0. The van der Waals surface area contributed by atoms with Gasteiger partial charge in [0.25, 0.3) is 0 Å². The first kappa shape index (κ1) is 14.9. The summed E-state index contributed by atoms with van der Waals surface area (Å²) >= 11 is 12.1. The van der Waals surface area contributed by atoms with Crippen molar-refractivity contribution in [3.63, 3.8) is 0 Å². The second kappa shape index (κ2) is 4.72. The Labute approximate surface area is 134 Å². The van der Waals surface area contributed by atoms with Crippen LogP contribution in [0, 0.1) is 16.7 Å². The minimum atomic E-state index is -0.889. The molecule has 21 heavy (non-hydrogen) atoms. The van der Waals surface area contributed by atoms with Gasteiger partial charge in [-0.15, -0.1) is 0 Å². The van der Waals surface area contributed by atoms with E-state index in [0.29, 0.717) is 34.5 Å². The zero-order valence-corrected chi connectivity index (χ0v) is 13.5. The molecule has 0 aromatic heterocycles. The van der Waals surface area contributed by atoms with Gasteiger partial charge in [-0.05, 0) is 37.3 Å². The van der Waals surface area contributed by atoms with Gasteiger partial charge in [0.2, 0.25) is 5.91 Å². The highest BCUT2D eigenvalue weighted by atomic mass is 35.5. The minimum Gasteiger partial charge on any atom is -0.324 e. The molecular weight excluding hydrogens is 309 g/mol. The molecule has 1 aromatic rings. The lowest BCUT2D eigenvalue weighted by atomic mass is 9.70. The fraction of sp³-hybridized carbons (Fsp3) is 0.500. The van der Waals surface area contributed by atoms with Crippen LogP contribution in [0.1, 0.15) is 33.1 Å². The van der Waals surface area contributed by atoms with E-state index in [4.69, 9.17) is 23.2 Å². The molecule has 2 atom stereocenters. The summed E-state index contributed by atoms with van der Waals surface area (Å²) in [6.07, 6.45) is 2.20. The van der Waals surface area contributed by atoms with Crippen molar-refractivity contribution in [2.24, 2.45) is 16.7 Å². The van der Waals surface area contributed by atoms with Crippen molar-refractivity contribution in [3.8, 4) is 0 Å². The number of anilines is 1. The van der Waals surface area contributed by atoms with Crippen LogP contribution in [0.4, 0.5) is 5.69 Å². The van der Waals surface area contributed by atoms with Crippen LogP contribution in [0.15, 0.2) is 18.2 Å². The van der Waals surface area contributed by atoms with Crippen molar-refractivity contribution < 1.29 is 9.59 Å². The Hall–Kier alpha value is -1.06. The second-order valence-electron chi connectivity index (χ2n) is 6.63. The highest BCUT2D eigenvalue weighted by Gasteiger charge is 2.65. The van der Waals surface area contributed by atoms with Gasteiger partial charge in [-0.3, -0.25) is 9.59 Å². The maximum Gasteiger partial charge on any atom is 0.238 e. The molecule has 0 saturated heterocycles. The van der Waals surface area contributed by atoms with Crippen LogP contribution < -0.4 is 5.32 Å². The quantitative estimate of drug-likeness (QED) is 0.823. The highest BCUT2D eigenvalue weighted by Crippen LogP contribution is 2.60. The van der Waals surface area contributed by atoms with Crippen LogP contribution in [-0.2, 0) is 9.59 Å². The maximum absolute atomic E-state index is 12.7. The smallest absolute Gasteiger partial charge is 0.238 e. The molecule has 2 aliphatic rings. The van der Waals surface area contributed by atoms with Gasteiger partial charge in [0.1, 0.15) is 5.41 Å². The molecule has 0 unspecified atom stereocenters. The number of Topliss-reactive ketones (excluding diaryl/α,β-unsaturated/α-hetero) is 1. The van der Waals surface area contributed by atoms with Gasteiger partial charge in [-0.1, -0.05) is 43.1 Å². The SMILES string of the molecule is CC1(C)C(=O)[C@]2(C(=O)Nc3cccc(Cl)c3Cl)CC[C@@H]1C2. The van der Waals surface area contributed by atoms with Crippen molar-refractivity contribution in [3.05, 3.63) is 28.2 Å². The molecule has 0 heterocycles. The van der Waals surface area contributed by atoms with E-state index >= 15 is 0 Å². The fourth-order valence-electron chi connectivity index (χ4n) is 3.82. The zero-order valence-electron chi connectivity index (χ0n) is 12.0. The minimum absolute atomic E-state index is 0.0573. The summed E-state index contributed by atoms with van der Waals surface area (Å²) < 4.78 is 0. The molecule has 2 fully saturated rings. The largest absolute Gasteiger partial charge is 0.324 e. The third-order valence-electron chi connectivity index (χ3n) is 5.19. The van der Waals surface area contributed by atoms with E-state index in [0.717, 1.165) is 6.42 Å². The first-order chi connectivity index (χ1) is 9.79. The summed E-state index contributed by atoms with van der Waals surface area (Å²) in [5.41, 5.74) is -0.836. The van der Waals surface area contributed by atoms with Gasteiger partial charge in [0, 0.05) is 5.41 Å². The number of hydrogen-bond donors (Lipinski definition) is 1. The topological polar surface area (TPSA) is 46.2 Å². The number of nitrogens with one attached hydrogen (secondary N) is 1. The Morgan fingerprint density at radius 1 is 1.33 bits per heavy atom. The zero-order chi connectivity index (χ0) is 15.4. The Kier molecular flexibility index (Phi) is 3.34. The predicted octanol–water partition coefficient (Wildman–Crippen LogP) is 4.33. The molecule has 1 amide bonds. The summed E-state index contributed by atoms with van der Waals surface area (Å²) in [5.74, 6) is 0.109. The predicted molar refractivity (Wildman–Crippen MR) is 83.7 cm³/mol. The van der Waals surface area contributed by atoms with Gasteiger partial charge in [0.05, 0.1) is 15.7 Å². The second-order valence-corrected chi connectivity index (χ2v) is 7.41. The number of halogens is 2. The molecule has 0 spiro atoms. The lowest BCUT2D eigenvalue weighted by molar-refractivity contribution is -0.142. The number of amides is 1. The number of carbonyl (C=O) groups is 2. The van der Waals surface area contributed by atoms with Gasteiger partial charge in [0.15, 0.2) is 5.78 Å². The van der Waals surface area contributed by atoms with E-state index < -0.39 is 10.8 Å². The van der Waals surface area contributed by atoms with Crippen LogP contribution in [0.5, 0.6) is 0 Å². The Morgan fingerprint density at radius 3 is 2.67 bits per heavy atom. The van der Waals surface area contributed by atoms with E-state index in [1.54, 1.807) is 18.2 Å². The van der Waals surface area contributed by atoms with E-state index in [-0.39, 0.29) is 11.7 Å². The number of benzene rings is 1. The summed E-state index contributed by atoms with van der Waals surface area (Å²) in [4.78, 5) is 25.4. The summed E-state index contributed by atoms with van der Waals surface area (Å²) in [6, 6.07) is 5.08. The standard InChI is InChI=1S/C16H17Cl2NO2/c1-15(2)9-6-7-16(8-9,13(15)20)14(21)19-11-5-3-4-10(17)12(11)18/h3-5,9H,6-8H2,1-2H3,(H,19,21)/t9-,16+/m1/s1. The van der Waals surface area contributed by atoms with Crippen molar-refractivity contribution in [1.82, 2.24) is 0 Å². The van der Waals surface area contributed by atoms with Crippen molar-refractivity contribution >= 4 is 40.6 Å². The summed E-state index contributed by atoms with van der Waals surface area (Å²) in [5, 5.41) is 3.50. The lowest BCUT2D eigenvalue weighted by Crippen LogP contribution is -2.44. The van der Waals surface area contributed by atoms with Crippen LogP contribution in [0.25, 0.3) is 0 Å². The van der Waals surface area contributed by atoms with Crippen LogP contribution in [-0.4, -0.2) is 11.7 Å². The Balaban J connectivity index is 1.90. The molecular formula is C16H17Cl2NO2. The fourth-order valence-corrected chi connectivity index (χ4v) is 4.17. The number of hydrogen-bond acceptors (Lipinski definition) is 2. The number of ketones is 1. The molecule has 3 nitrogen and oxygen atoms in total. The normalized spacial score (nSPS) is 29.7. The van der Waals surface area contributed by atoms with Crippen molar-refractivity contribution in [1.29, 1.82) is 0 Å². The maximum atomic E-state index is 12.7. The number of fused-ring (bicyclic) bond motifs is 2. The van der Waals surface area contributed by atoms with Crippen LogP contribution in [0.3, 0.4) is 0 Å². The molecule has 3 rings (SSSR count). The average Bonchev–Trinajstić information content (AvgIpc) is 2.96. The first-order valence-corrected chi connectivity index (χ1v) is 7.85.